The number of nitrogens with zero attached hydrogens (tertiary/aromatic N) is 2. The lowest BCUT2D eigenvalue weighted by Crippen LogP contribution is -2.28. The van der Waals surface area contributed by atoms with Crippen LogP contribution in [0.2, 0.25) is 0 Å². The van der Waals surface area contributed by atoms with Gasteiger partial charge in [0, 0.05) is 69.4 Å². The summed E-state index contributed by atoms with van der Waals surface area (Å²) in [4.78, 5) is 6.31. The number of para-hydroxylation sites is 4. The Morgan fingerprint density at radius 3 is 1.78 bits per heavy atom. The first-order valence-electron chi connectivity index (χ1n) is 23.2. The van der Waals surface area contributed by atoms with Crippen LogP contribution in [0, 0.1) is 0 Å². The van der Waals surface area contributed by atoms with E-state index in [1.54, 1.807) is 0 Å². The maximum absolute atomic E-state index is 6.89. The number of anilines is 6. The molecule has 0 saturated carbocycles. The summed E-state index contributed by atoms with van der Waals surface area (Å²) in [6, 6.07) is 84.8. The van der Waals surface area contributed by atoms with Crippen molar-refractivity contribution in [2.24, 2.45) is 0 Å². The third kappa shape index (κ3) is 5.12. The third-order valence-corrected chi connectivity index (χ3v) is 16.9. The van der Waals surface area contributed by atoms with Gasteiger partial charge in [-0.25, -0.2) is 0 Å². The van der Waals surface area contributed by atoms with Crippen molar-refractivity contribution in [2.75, 3.05) is 9.80 Å². The summed E-state index contributed by atoms with van der Waals surface area (Å²) in [5, 5.41) is 6.07. The zero-order chi connectivity index (χ0) is 44.5. The van der Waals surface area contributed by atoms with E-state index in [1.807, 2.05) is 22.7 Å². The van der Waals surface area contributed by atoms with Crippen molar-refractivity contribution in [3.05, 3.63) is 252 Å². The van der Waals surface area contributed by atoms with Crippen molar-refractivity contribution >= 4 is 109 Å². The third-order valence-electron chi connectivity index (χ3n) is 14.4. The first-order chi connectivity index (χ1) is 33.8. The second-order valence-corrected chi connectivity index (χ2v) is 20.0. The zero-order valence-electron chi connectivity index (χ0n) is 36.6. The molecule has 2 aliphatic carbocycles. The fourth-order valence-electron chi connectivity index (χ4n) is 11.7. The highest BCUT2D eigenvalue weighted by Gasteiger charge is 2.55. The van der Waals surface area contributed by atoms with Crippen LogP contribution in [-0.2, 0) is 5.41 Å². The van der Waals surface area contributed by atoms with E-state index in [4.69, 9.17) is 4.42 Å². The Balaban J connectivity index is 1.06. The Hall–Kier alpha value is -8.22. The van der Waals surface area contributed by atoms with Crippen molar-refractivity contribution in [1.29, 1.82) is 0 Å². The number of thiophene rings is 2. The minimum atomic E-state index is -0.673. The van der Waals surface area contributed by atoms with Gasteiger partial charge in [-0.2, -0.15) is 0 Å². The van der Waals surface area contributed by atoms with Crippen LogP contribution in [0.4, 0.5) is 34.1 Å². The van der Waals surface area contributed by atoms with Crippen LogP contribution in [0.15, 0.2) is 235 Å². The number of rotatable bonds is 6. The maximum atomic E-state index is 6.89. The highest BCUT2D eigenvalue weighted by molar-refractivity contribution is 7.26. The van der Waals surface area contributed by atoms with Crippen LogP contribution >= 0.6 is 22.7 Å². The Kier molecular flexibility index (Phi) is 8.03. The summed E-state index contributed by atoms with van der Waals surface area (Å²) >= 11 is 3.82. The van der Waals surface area contributed by atoms with E-state index in [2.05, 4.69) is 240 Å². The molecule has 0 amide bonds. The molecule has 68 heavy (non-hydrogen) atoms. The van der Waals surface area contributed by atoms with Crippen LogP contribution in [0.3, 0.4) is 0 Å². The van der Waals surface area contributed by atoms with Gasteiger partial charge in [-0.1, -0.05) is 158 Å². The lowest BCUT2D eigenvalue weighted by Gasteiger charge is -2.36. The Labute approximate surface area is 400 Å². The van der Waals surface area contributed by atoms with Gasteiger partial charge in [-0.3, -0.25) is 0 Å². The quantitative estimate of drug-likeness (QED) is 0.166. The largest absolute Gasteiger partial charge is 0.454 e. The van der Waals surface area contributed by atoms with E-state index in [0.29, 0.717) is 0 Å². The molecule has 1 spiro atoms. The number of hydrogen-bond acceptors (Lipinski definition) is 5. The van der Waals surface area contributed by atoms with Gasteiger partial charge in [-0.15, -0.1) is 22.7 Å². The molecule has 0 aliphatic heterocycles. The lowest BCUT2D eigenvalue weighted by molar-refractivity contribution is 0.669. The molecule has 0 radical (unpaired) electrons. The summed E-state index contributed by atoms with van der Waals surface area (Å²) in [6.45, 7) is 0. The molecule has 0 bridgehead atoms. The summed E-state index contributed by atoms with van der Waals surface area (Å²) in [5.74, 6) is 0. The summed E-state index contributed by atoms with van der Waals surface area (Å²) in [6.07, 6.45) is 0. The van der Waals surface area contributed by atoms with Crippen LogP contribution in [0.1, 0.15) is 21.6 Å². The van der Waals surface area contributed by atoms with Crippen molar-refractivity contribution in [3.8, 4) is 22.3 Å². The summed E-state index contributed by atoms with van der Waals surface area (Å²) < 4.78 is 10.8. The lowest BCUT2D eigenvalue weighted by atomic mass is 9.72. The Morgan fingerprint density at radius 2 is 0.956 bits per heavy atom. The van der Waals surface area contributed by atoms with Crippen LogP contribution in [-0.4, -0.2) is 0 Å². The number of hydrogen-bond donors (Lipinski definition) is 0. The fourth-order valence-corrected chi connectivity index (χ4v) is 14.4. The number of benzene rings is 10. The molecule has 2 aliphatic rings. The minimum Gasteiger partial charge on any atom is -0.454 e. The molecule has 1 unspecified atom stereocenters. The van der Waals surface area contributed by atoms with Gasteiger partial charge < -0.3 is 14.2 Å². The number of furan rings is 1. The molecule has 0 saturated heterocycles. The highest BCUT2D eigenvalue weighted by Crippen LogP contribution is 2.69. The molecule has 0 N–H and O–H groups in total. The van der Waals surface area contributed by atoms with Gasteiger partial charge in [0.05, 0.1) is 27.2 Å². The van der Waals surface area contributed by atoms with E-state index >= 15 is 0 Å². The summed E-state index contributed by atoms with van der Waals surface area (Å²) in [7, 11) is 0. The molecular weight excluding hydrogens is 865 g/mol. The van der Waals surface area contributed by atoms with Crippen molar-refractivity contribution in [1.82, 2.24) is 0 Å². The average Bonchev–Trinajstić information content (AvgIpc) is 4.21. The normalized spacial score (nSPS) is 14.5. The molecule has 10 aromatic carbocycles. The van der Waals surface area contributed by atoms with Crippen molar-refractivity contribution < 1.29 is 4.42 Å². The topological polar surface area (TPSA) is 19.6 Å². The van der Waals surface area contributed by atoms with Gasteiger partial charge in [0.15, 0.2) is 5.58 Å². The molecular formula is C63H38N2OS2. The Bertz CT molecular complexity index is 4180. The second-order valence-electron chi connectivity index (χ2n) is 17.9. The summed E-state index contributed by atoms with van der Waals surface area (Å²) in [5.41, 5.74) is 16.6. The van der Waals surface area contributed by atoms with Crippen molar-refractivity contribution in [3.63, 3.8) is 0 Å². The van der Waals surface area contributed by atoms with Crippen LogP contribution < -0.4 is 9.80 Å². The van der Waals surface area contributed by atoms with Gasteiger partial charge in [0.25, 0.3) is 0 Å². The van der Waals surface area contributed by atoms with Gasteiger partial charge >= 0.3 is 0 Å². The van der Waals surface area contributed by atoms with Crippen LogP contribution in [0.25, 0.3) is 74.5 Å². The monoisotopic (exact) mass is 902 g/mol. The standard InChI is InChI=1S/C63H38N2OS2/c1-3-18-39(19-4-1)64(54-32-16-27-47-45-24-9-13-34-56(45)67-61(47)54)41-36-37-43-42-22-7-11-29-50(42)63(51(43)38-41)59-49(58-48-25-10-14-35-57(48)68-62(58)63)28-17-30-52(59)65(40-20-5-2-6-21-40)53-31-15-26-46-44-23-8-12-33-55(44)66-60(46)53/h1-38H. The second kappa shape index (κ2) is 14.4. The Morgan fingerprint density at radius 1 is 0.368 bits per heavy atom. The van der Waals surface area contributed by atoms with Gasteiger partial charge in [0.2, 0.25) is 0 Å². The molecule has 5 heteroatoms. The minimum absolute atomic E-state index is 0.673. The SMILES string of the molecule is c1ccc(N(c2cccc3c2C2(c4ccccc4-c4ccc(N(c5ccccc5)c5cccc6c5sc5ccccc56)cc42)c2sc4ccccc4c2-3)c2cccc3c2oc2ccccc23)cc1. The van der Waals surface area contributed by atoms with Gasteiger partial charge in [0.1, 0.15) is 5.58 Å². The average molecular weight is 903 g/mol. The molecule has 3 aromatic heterocycles. The predicted molar refractivity (Wildman–Crippen MR) is 288 cm³/mol. The smallest absolute Gasteiger partial charge is 0.159 e. The van der Waals surface area contributed by atoms with Crippen LogP contribution in [0.5, 0.6) is 0 Å². The van der Waals surface area contributed by atoms with Gasteiger partial charge in [-0.05, 0) is 101 Å². The number of fused-ring (bicyclic) bond motifs is 18. The molecule has 3 heterocycles. The van der Waals surface area contributed by atoms with E-state index in [-0.39, 0.29) is 0 Å². The zero-order valence-corrected chi connectivity index (χ0v) is 38.2. The van der Waals surface area contributed by atoms with E-state index < -0.39 is 5.41 Å². The molecule has 0 fully saturated rings. The highest BCUT2D eigenvalue weighted by atomic mass is 32.1. The van der Waals surface area contributed by atoms with E-state index in [0.717, 1.165) is 50.4 Å². The first-order valence-corrected chi connectivity index (χ1v) is 24.8. The van der Waals surface area contributed by atoms with E-state index in [1.165, 1.54) is 79.8 Å². The molecule has 3 nitrogen and oxygen atoms in total. The molecule has 15 rings (SSSR count). The van der Waals surface area contributed by atoms with Crippen molar-refractivity contribution in [2.45, 2.75) is 5.41 Å². The molecule has 318 valence electrons. The maximum Gasteiger partial charge on any atom is 0.159 e. The van der Waals surface area contributed by atoms with E-state index in [9.17, 15) is 0 Å². The molecule has 1 atom stereocenters. The predicted octanol–water partition coefficient (Wildman–Crippen LogP) is 18.5. The molecule has 13 aromatic rings. The fraction of sp³-hybridized carbons (Fsp3) is 0.0159. The first kappa shape index (κ1) is 37.9.